The van der Waals surface area contributed by atoms with Crippen LogP contribution >= 0.6 is 0 Å². The van der Waals surface area contributed by atoms with Gasteiger partial charge in [-0.15, -0.1) is 0 Å². The van der Waals surface area contributed by atoms with Crippen molar-refractivity contribution in [1.29, 1.82) is 0 Å². The second kappa shape index (κ2) is 7.17. The van der Waals surface area contributed by atoms with E-state index in [1.807, 2.05) is 6.07 Å². The fourth-order valence-electron chi connectivity index (χ4n) is 2.85. The van der Waals surface area contributed by atoms with Crippen LogP contribution in [0.15, 0.2) is 18.2 Å². The van der Waals surface area contributed by atoms with Gasteiger partial charge in [0, 0.05) is 17.9 Å². The molecule has 0 amide bonds. The number of anilines is 2. The van der Waals surface area contributed by atoms with Gasteiger partial charge in [-0.3, -0.25) is 0 Å². The molecule has 0 aromatic heterocycles. The maximum atomic E-state index is 11.6. The fourth-order valence-corrected chi connectivity index (χ4v) is 2.85. The van der Waals surface area contributed by atoms with Crippen molar-refractivity contribution in [3.05, 3.63) is 23.8 Å². The van der Waals surface area contributed by atoms with Gasteiger partial charge in [0.25, 0.3) is 0 Å². The van der Waals surface area contributed by atoms with Crippen LogP contribution in [0, 0.1) is 5.92 Å². The number of hydrogen-bond acceptors (Lipinski definition) is 4. The number of nitrogen functional groups attached to an aromatic ring is 1. The summed E-state index contributed by atoms with van der Waals surface area (Å²) in [5.74, 6) is 0.462. The summed E-state index contributed by atoms with van der Waals surface area (Å²) in [5.41, 5.74) is 7.59. The van der Waals surface area contributed by atoms with E-state index in [9.17, 15) is 4.79 Å². The van der Waals surface area contributed by atoms with E-state index in [1.165, 1.54) is 45.6 Å². The quantitative estimate of drug-likeness (QED) is 0.638. The fraction of sp³-hybridized carbons (Fsp3) is 0.562. The number of nitrogens with two attached hydrogens (primary N) is 1. The van der Waals surface area contributed by atoms with E-state index < -0.39 is 5.97 Å². The first-order valence-electron chi connectivity index (χ1n) is 7.42. The highest BCUT2D eigenvalue weighted by atomic mass is 16.5. The lowest BCUT2D eigenvalue weighted by Crippen LogP contribution is -2.13. The van der Waals surface area contributed by atoms with Crippen LogP contribution in [-0.4, -0.2) is 19.6 Å². The Bertz CT molecular complexity index is 454. The van der Waals surface area contributed by atoms with Crippen LogP contribution in [-0.2, 0) is 4.74 Å². The molecule has 1 saturated carbocycles. The second-order valence-electron chi connectivity index (χ2n) is 5.51. The predicted molar refractivity (Wildman–Crippen MR) is 81.9 cm³/mol. The van der Waals surface area contributed by atoms with Crippen molar-refractivity contribution in [2.24, 2.45) is 5.92 Å². The van der Waals surface area contributed by atoms with Crippen LogP contribution in [0.5, 0.6) is 0 Å². The first-order chi connectivity index (χ1) is 9.70. The van der Waals surface area contributed by atoms with Gasteiger partial charge in [-0.2, -0.15) is 0 Å². The maximum absolute atomic E-state index is 11.6. The highest BCUT2D eigenvalue weighted by Gasteiger charge is 2.13. The Hall–Kier alpha value is -1.71. The Kier molecular flexibility index (Phi) is 5.27. The Morgan fingerprint density at radius 3 is 2.80 bits per heavy atom. The molecule has 1 aliphatic rings. The Morgan fingerprint density at radius 2 is 2.10 bits per heavy atom. The number of nitrogens with one attached hydrogen (secondary N) is 1. The molecule has 20 heavy (non-hydrogen) atoms. The van der Waals surface area contributed by atoms with Crippen LogP contribution in [0.4, 0.5) is 11.4 Å². The Morgan fingerprint density at radius 1 is 1.35 bits per heavy atom. The summed E-state index contributed by atoms with van der Waals surface area (Å²) in [7, 11) is 1.37. The number of ether oxygens (including phenoxy) is 1. The maximum Gasteiger partial charge on any atom is 0.340 e. The highest BCUT2D eigenvalue weighted by molar-refractivity contribution is 5.96. The lowest BCUT2D eigenvalue weighted by atomic mass is 9.87. The number of benzene rings is 1. The van der Waals surface area contributed by atoms with E-state index in [4.69, 9.17) is 10.5 Å². The Labute approximate surface area is 120 Å². The number of methoxy groups -OCH3 is 1. The number of rotatable bonds is 5. The zero-order valence-corrected chi connectivity index (χ0v) is 12.2. The van der Waals surface area contributed by atoms with E-state index in [-0.39, 0.29) is 0 Å². The number of esters is 1. The van der Waals surface area contributed by atoms with Gasteiger partial charge < -0.3 is 15.8 Å². The summed E-state index contributed by atoms with van der Waals surface area (Å²) in [6, 6.07) is 5.42. The molecule has 0 spiro atoms. The summed E-state index contributed by atoms with van der Waals surface area (Å²) in [6.45, 7) is 0.940. The molecular weight excluding hydrogens is 252 g/mol. The SMILES string of the molecule is COC(=O)c1cc(NCCC2CCCCC2)ccc1N. The van der Waals surface area contributed by atoms with Crippen molar-refractivity contribution < 1.29 is 9.53 Å². The van der Waals surface area contributed by atoms with Crippen molar-refractivity contribution in [3.63, 3.8) is 0 Å². The molecule has 1 aromatic carbocycles. The van der Waals surface area contributed by atoms with Gasteiger partial charge in [0.15, 0.2) is 0 Å². The molecule has 1 aromatic rings. The zero-order valence-electron chi connectivity index (χ0n) is 12.2. The van der Waals surface area contributed by atoms with Crippen LogP contribution in [0.1, 0.15) is 48.9 Å². The van der Waals surface area contributed by atoms with E-state index in [0.717, 1.165) is 18.2 Å². The molecule has 0 saturated heterocycles. The second-order valence-corrected chi connectivity index (χ2v) is 5.51. The molecule has 1 fully saturated rings. The topological polar surface area (TPSA) is 64.3 Å². The molecule has 0 aliphatic heterocycles. The minimum absolute atomic E-state index is 0.390. The first-order valence-corrected chi connectivity index (χ1v) is 7.42. The molecule has 4 nitrogen and oxygen atoms in total. The molecule has 0 bridgehead atoms. The summed E-state index contributed by atoms with van der Waals surface area (Å²) in [4.78, 5) is 11.6. The van der Waals surface area contributed by atoms with Crippen LogP contribution < -0.4 is 11.1 Å². The van der Waals surface area contributed by atoms with Crippen LogP contribution in [0.3, 0.4) is 0 Å². The predicted octanol–water partition coefficient (Wildman–Crippen LogP) is 3.44. The molecular formula is C16H24N2O2. The van der Waals surface area contributed by atoms with Gasteiger partial charge in [0.1, 0.15) is 0 Å². The van der Waals surface area contributed by atoms with E-state index >= 15 is 0 Å². The van der Waals surface area contributed by atoms with E-state index in [0.29, 0.717) is 11.3 Å². The molecule has 2 rings (SSSR count). The number of hydrogen-bond donors (Lipinski definition) is 2. The molecule has 3 N–H and O–H groups in total. The molecule has 0 unspecified atom stereocenters. The van der Waals surface area contributed by atoms with Gasteiger partial charge in [-0.25, -0.2) is 4.79 Å². The average Bonchev–Trinajstić information content (AvgIpc) is 2.49. The standard InChI is InChI=1S/C16H24N2O2/c1-20-16(19)14-11-13(7-8-15(14)17)18-10-9-12-5-3-2-4-6-12/h7-8,11-12,18H,2-6,9-10,17H2,1H3. The van der Waals surface area contributed by atoms with Gasteiger partial charge in [-0.05, 0) is 30.5 Å². The van der Waals surface area contributed by atoms with Crippen molar-refractivity contribution in [2.75, 3.05) is 24.7 Å². The summed E-state index contributed by atoms with van der Waals surface area (Å²) in [5, 5.41) is 3.38. The monoisotopic (exact) mass is 276 g/mol. The first kappa shape index (κ1) is 14.7. The lowest BCUT2D eigenvalue weighted by Gasteiger charge is -2.21. The largest absolute Gasteiger partial charge is 0.465 e. The summed E-state index contributed by atoms with van der Waals surface area (Å²) in [6.07, 6.45) is 8.05. The molecule has 1 aliphatic carbocycles. The smallest absolute Gasteiger partial charge is 0.340 e. The molecule has 0 radical (unpaired) electrons. The van der Waals surface area contributed by atoms with Gasteiger partial charge >= 0.3 is 5.97 Å². The highest BCUT2D eigenvalue weighted by Crippen LogP contribution is 2.26. The molecule has 4 heteroatoms. The van der Waals surface area contributed by atoms with Crippen molar-refractivity contribution in [2.45, 2.75) is 38.5 Å². The third-order valence-corrected chi connectivity index (χ3v) is 4.07. The molecule has 110 valence electrons. The molecule has 0 heterocycles. The average molecular weight is 276 g/mol. The van der Waals surface area contributed by atoms with Crippen molar-refractivity contribution in [1.82, 2.24) is 0 Å². The Balaban J connectivity index is 1.87. The normalized spacial score (nSPS) is 15.8. The van der Waals surface area contributed by atoms with Gasteiger partial charge in [0.05, 0.1) is 12.7 Å². The van der Waals surface area contributed by atoms with E-state index in [2.05, 4.69) is 5.32 Å². The lowest BCUT2D eigenvalue weighted by molar-refractivity contribution is 0.0602. The van der Waals surface area contributed by atoms with Gasteiger partial charge in [-0.1, -0.05) is 32.1 Å². The number of carbonyl (C=O) groups is 1. The van der Waals surface area contributed by atoms with Crippen molar-refractivity contribution in [3.8, 4) is 0 Å². The zero-order chi connectivity index (χ0) is 14.4. The minimum atomic E-state index is -0.390. The third-order valence-electron chi connectivity index (χ3n) is 4.07. The number of carbonyl (C=O) groups excluding carboxylic acids is 1. The van der Waals surface area contributed by atoms with E-state index in [1.54, 1.807) is 12.1 Å². The van der Waals surface area contributed by atoms with Crippen molar-refractivity contribution >= 4 is 17.3 Å². The summed E-state index contributed by atoms with van der Waals surface area (Å²) >= 11 is 0. The van der Waals surface area contributed by atoms with Crippen LogP contribution in [0.25, 0.3) is 0 Å². The molecule has 0 atom stereocenters. The third kappa shape index (κ3) is 3.89. The minimum Gasteiger partial charge on any atom is -0.465 e. The summed E-state index contributed by atoms with van der Waals surface area (Å²) < 4.78 is 4.73. The van der Waals surface area contributed by atoms with Crippen LogP contribution in [0.2, 0.25) is 0 Å². The van der Waals surface area contributed by atoms with Gasteiger partial charge in [0.2, 0.25) is 0 Å².